The van der Waals surface area contributed by atoms with Crippen molar-refractivity contribution in [1.82, 2.24) is 10.3 Å². The van der Waals surface area contributed by atoms with Crippen LogP contribution in [0.25, 0.3) is 10.9 Å². The van der Waals surface area contributed by atoms with E-state index in [-0.39, 0.29) is 0 Å². The van der Waals surface area contributed by atoms with Crippen LogP contribution in [0.4, 0.5) is 0 Å². The second kappa shape index (κ2) is 5.78. The second-order valence-electron chi connectivity index (χ2n) is 4.32. The number of pyridine rings is 1. The summed E-state index contributed by atoms with van der Waals surface area (Å²) in [4.78, 5) is 4.42. The number of hydrogen-bond acceptors (Lipinski definition) is 2. The van der Waals surface area contributed by atoms with E-state index in [0.717, 1.165) is 12.1 Å². The van der Waals surface area contributed by atoms with E-state index in [9.17, 15) is 0 Å². The molecule has 0 aliphatic carbocycles. The Labute approximate surface area is 103 Å². The highest BCUT2D eigenvalue weighted by Gasteiger charge is 2.12. The minimum atomic E-state index is 0.442. The predicted molar refractivity (Wildman–Crippen MR) is 73.1 cm³/mol. The van der Waals surface area contributed by atoms with Gasteiger partial charge < -0.3 is 5.32 Å². The van der Waals surface area contributed by atoms with Crippen molar-refractivity contribution in [2.24, 2.45) is 0 Å². The fourth-order valence-corrected chi connectivity index (χ4v) is 2.33. The Bertz CT molecular complexity index is 468. The molecule has 1 unspecified atom stereocenters. The Morgan fingerprint density at radius 2 is 2.06 bits per heavy atom. The maximum atomic E-state index is 4.42. The molecule has 2 heteroatoms. The van der Waals surface area contributed by atoms with Crippen molar-refractivity contribution in [1.29, 1.82) is 0 Å². The van der Waals surface area contributed by atoms with Crippen molar-refractivity contribution in [3.8, 4) is 0 Å². The lowest BCUT2D eigenvalue weighted by molar-refractivity contribution is 0.512. The van der Waals surface area contributed by atoms with E-state index in [1.165, 1.54) is 23.8 Å². The largest absolute Gasteiger partial charge is 0.310 e. The van der Waals surface area contributed by atoms with Gasteiger partial charge in [0.1, 0.15) is 0 Å². The summed E-state index contributed by atoms with van der Waals surface area (Å²) in [6.45, 7) is 5.39. The first-order chi connectivity index (χ1) is 8.36. The van der Waals surface area contributed by atoms with Crippen LogP contribution in [-0.2, 0) is 0 Å². The molecule has 0 fully saturated rings. The van der Waals surface area contributed by atoms with Gasteiger partial charge in [0.05, 0.1) is 5.52 Å². The maximum Gasteiger partial charge on any atom is 0.0705 e. The SMILES string of the molecule is CCCC(NCC)c1cccc2ncccc12. The first-order valence-electron chi connectivity index (χ1n) is 6.43. The number of rotatable bonds is 5. The van der Waals surface area contributed by atoms with Gasteiger partial charge >= 0.3 is 0 Å². The van der Waals surface area contributed by atoms with Crippen LogP contribution in [0.3, 0.4) is 0 Å². The fraction of sp³-hybridized carbons (Fsp3) is 0.400. The molecule has 2 rings (SSSR count). The molecule has 0 amide bonds. The van der Waals surface area contributed by atoms with Gasteiger partial charge in [0.2, 0.25) is 0 Å². The Kier molecular flexibility index (Phi) is 4.10. The smallest absolute Gasteiger partial charge is 0.0705 e. The quantitative estimate of drug-likeness (QED) is 0.844. The van der Waals surface area contributed by atoms with Crippen LogP contribution in [0, 0.1) is 0 Å². The number of benzene rings is 1. The van der Waals surface area contributed by atoms with Crippen LogP contribution >= 0.6 is 0 Å². The third-order valence-corrected chi connectivity index (χ3v) is 3.08. The molecule has 17 heavy (non-hydrogen) atoms. The molecule has 0 spiro atoms. The molecular weight excluding hydrogens is 208 g/mol. The van der Waals surface area contributed by atoms with Crippen LogP contribution in [0.15, 0.2) is 36.5 Å². The Morgan fingerprint density at radius 3 is 2.82 bits per heavy atom. The van der Waals surface area contributed by atoms with Gasteiger partial charge in [0, 0.05) is 17.6 Å². The van der Waals surface area contributed by atoms with E-state index in [1.54, 1.807) is 0 Å². The average Bonchev–Trinajstić information content (AvgIpc) is 2.38. The Hall–Kier alpha value is -1.41. The van der Waals surface area contributed by atoms with Crippen LogP contribution in [0.1, 0.15) is 38.3 Å². The van der Waals surface area contributed by atoms with Gasteiger partial charge in [-0.15, -0.1) is 0 Å². The molecule has 0 saturated carbocycles. The van der Waals surface area contributed by atoms with Crippen LogP contribution in [-0.4, -0.2) is 11.5 Å². The molecule has 2 nitrogen and oxygen atoms in total. The first kappa shape index (κ1) is 12.1. The van der Waals surface area contributed by atoms with Crippen molar-refractivity contribution >= 4 is 10.9 Å². The summed E-state index contributed by atoms with van der Waals surface area (Å²) in [6.07, 6.45) is 4.21. The van der Waals surface area contributed by atoms with E-state index in [2.05, 4.69) is 48.4 Å². The molecule has 0 bridgehead atoms. The van der Waals surface area contributed by atoms with Crippen LogP contribution in [0.5, 0.6) is 0 Å². The van der Waals surface area contributed by atoms with Crippen molar-refractivity contribution in [2.45, 2.75) is 32.7 Å². The van der Waals surface area contributed by atoms with Crippen molar-refractivity contribution in [3.05, 3.63) is 42.1 Å². The zero-order chi connectivity index (χ0) is 12.1. The number of aromatic nitrogens is 1. The van der Waals surface area contributed by atoms with E-state index in [4.69, 9.17) is 0 Å². The van der Waals surface area contributed by atoms with Crippen LogP contribution < -0.4 is 5.32 Å². The molecule has 1 N–H and O–H groups in total. The van der Waals surface area contributed by atoms with Gasteiger partial charge in [-0.3, -0.25) is 4.98 Å². The van der Waals surface area contributed by atoms with Gasteiger partial charge in [-0.25, -0.2) is 0 Å². The van der Waals surface area contributed by atoms with Gasteiger partial charge in [0.15, 0.2) is 0 Å². The molecule has 0 radical (unpaired) electrons. The highest BCUT2D eigenvalue weighted by molar-refractivity contribution is 5.82. The van der Waals surface area contributed by atoms with Gasteiger partial charge in [-0.05, 0) is 30.7 Å². The monoisotopic (exact) mass is 228 g/mol. The average molecular weight is 228 g/mol. The summed E-state index contributed by atoms with van der Waals surface area (Å²) in [5.41, 5.74) is 2.46. The summed E-state index contributed by atoms with van der Waals surface area (Å²) < 4.78 is 0. The minimum Gasteiger partial charge on any atom is -0.310 e. The molecule has 0 aliphatic rings. The minimum absolute atomic E-state index is 0.442. The zero-order valence-corrected chi connectivity index (χ0v) is 10.6. The van der Waals surface area contributed by atoms with E-state index >= 15 is 0 Å². The summed E-state index contributed by atoms with van der Waals surface area (Å²) in [5.74, 6) is 0. The van der Waals surface area contributed by atoms with E-state index in [0.29, 0.717) is 6.04 Å². The van der Waals surface area contributed by atoms with Gasteiger partial charge in [-0.1, -0.05) is 38.5 Å². The topological polar surface area (TPSA) is 24.9 Å². The van der Waals surface area contributed by atoms with E-state index < -0.39 is 0 Å². The highest BCUT2D eigenvalue weighted by atomic mass is 14.9. The lowest BCUT2D eigenvalue weighted by Crippen LogP contribution is -2.20. The lowest BCUT2D eigenvalue weighted by Gasteiger charge is -2.19. The molecule has 1 aromatic heterocycles. The van der Waals surface area contributed by atoms with Crippen LogP contribution in [0.2, 0.25) is 0 Å². The summed E-state index contributed by atoms with van der Waals surface area (Å²) in [6, 6.07) is 11.0. The maximum absolute atomic E-state index is 4.42. The standard InChI is InChI=1S/C15H20N2/c1-3-7-14(16-4-2)12-8-5-10-15-13(12)9-6-11-17-15/h5-6,8-11,14,16H,3-4,7H2,1-2H3. The Balaban J connectivity index is 2.44. The summed E-state index contributed by atoms with van der Waals surface area (Å²) >= 11 is 0. The summed E-state index contributed by atoms with van der Waals surface area (Å²) in [5, 5.41) is 4.84. The predicted octanol–water partition coefficient (Wildman–Crippen LogP) is 3.69. The molecular formula is C15H20N2. The molecule has 1 heterocycles. The highest BCUT2D eigenvalue weighted by Crippen LogP contribution is 2.25. The second-order valence-corrected chi connectivity index (χ2v) is 4.32. The molecule has 1 atom stereocenters. The molecule has 90 valence electrons. The third-order valence-electron chi connectivity index (χ3n) is 3.08. The summed E-state index contributed by atoms with van der Waals surface area (Å²) in [7, 11) is 0. The number of nitrogens with one attached hydrogen (secondary N) is 1. The van der Waals surface area contributed by atoms with Crippen molar-refractivity contribution in [3.63, 3.8) is 0 Å². The Morgan fingerprint density at radius 1 is 1.18 bits per heavy atom. The number of nitrogens with zero attached hydrogens (tertiary/aromatic N) is 1. The molecule has 1 aromatic carbocycles. The van der Waals surface area contributed by atoms with E-state index in [1.807, 2.05) is 12.3 Å². The van der Waals surface area contributed by atoms with Gasteiger partial charge in [-0.2, -0.15) is 0 Å². The van der Waals surface area contributed by atoms with Gasteiger partial charge in [0.25, 0.3) is 0 Å². The molecule has 0 saturated heterocycles. The van der Waals surface area contributed by atoms with Crippen molar-refractivity contribution < 1.29 is 0 Å². The molecule has 0 aliphatic heterocycles. The first-order valence-corrected chi connectivity index (χ1v) is 6.43. The molecule has 2 aromatic rings. The number of hydrogen-bond donors (Lipinski definition) is 1. The number of fused-ring (bicyclic) bond motifs is 1. The third kappa shape index (κ3) is 2.64. The lowest BCUT2D eigenvalue weighted by atomic mass is 9.98. The zero-order valence-electron chi connectivity index (χ0n) is 10.6. The fourth-order valence-electron chi connectivity index (χ4n) is 2.33. The normalized spacial score (nSPS) is 12.8. The van der Waals surface area contributed by atoms with Crippen molar-refractivity contribution in [2.75, 3.05) is 6.54 Å².